The van der Waals surface area contributed by atoms with E-state index in [4.69, 9.17) is 9.47 Å². The van der Waals surface area contributed by atoms with Gasteiger partial charge >= 0.3 is 0 Å². The zero-order valence-electron chi connectivity index (χ0n) is 15.3. The van der Waals surface area contributed by atoms with E-state index in [0.717, 1.165) is 17.0 Å². The third-order valence-electron chi connectivity index (χ3n) is 3.92. The number of nitrogens with zero attached hydrogens (tertiary/aromatic N) is 1. The van der Waals surface area contributed by atoms with Gasteiger partial charge in [0.05, 0.1) is 7.11 Å². The van der Waals surface area contributed by atoms with Crippen molar-refractivity contribution in [3.05, 3.63) is 54.1 Å². The first-order valence-electron chi connectivity index (χ1n) is 8.38. The first kappa shape index (κ1) is 18.6. The SMILES string of the molecule is CCC(Oc1ccc(OC)cc1)C(=O)NCc1ccc(N(C)C)cc1. The molecule has 134 valence electrons. The van der Waals surface area contributed by atoms with Crippen LogP contribution in [-0.4, -0.2) is 33.2 Å². The number of amides is 1. The Labute approximate surface area is 149 Å². The largest absolute Gasteiger partial charge is 0.497 e. The van der Waals surface area contributed by atoms with Crippen LogP contribution in [0.25, 0.3) is 0 Å². The van der Waals surface area contributed by atoms with Crippen LogP contribution in [0.2, 0.25) is 0 Å². The molecule has 0 bridgehead atoms. The Kier molecular flexibility index (Phi) is 6.69. The lowest BCUT2D eigenvalue weighted by atomic mass is 10.2. The summed E-state index contributed by atoms with van der Waals surface area (Å²) in [7, 11) is 5.61. The maximum Gasteiger partial charge on any atom is 0.261 e. The van der Waals surface area contributed by atoms with Crippen LogP contribution in [0, 0.1) is 0 Å². The van der Waals surface area contributed by atoms with Gasteiger partial charge in [0.25, 0.3) is 5.91 Å². The monoisotopic (exact) mass is 342 g/mol. The average molecular weight is 342 g/mol. The second kappa shape index (κ2) is 8.97. The van der Waals surface area contributed by atoms with E-state index in [2.05, 4.69) is 5.32 Å². The van der Waals surface area contributed by atoms with Crippen molar-refractivity contribution in [1.29, 1.82) is 0 Å². The van der Waals surface area contributed by atoms with Crippen molar-refractivity contribution in [2.75, 3.05) is 26.1 Å². The van der Waals surface area contributed by atoms with Crippen LogP contribution in [0.5, 0.6) is 11.5 Å². The van der Waals surface area contributed by atoms with E-state index < -0.39 is 6.10 Å². The fraction of sp³-hybridized carbons (Fsp3) is 0.350. The van der Waals surface area contributed by atoms with Crippen LogP contribution in [0.1, 0.15) is 18.9 Å². The molecule has 1 amide bonds. The number of methoxy groups -OCH3 is 1. The summed E-state index contributed by atoms with van der Waals surface area (Å²) >= 11 is 0. The molecule has 25 heavy (non-hydrogen) atoms. The highest BCUT2D eigenvalue weighted by atomic mass is 16.5. The molecule has 0 spiro atoms. The highest BCUT2D eigenvalue weighted by Gasteiger charge is 2.18. The Morgan fingerprint density at radius 1 is 1.04 bits per heavy atom. The minimum absolute atomic E-state index is 0.116. The first-order valence-corrected chi connectivity index (χ1v) is 8.38. The van der Waals surface area contributed by atoms with Gasteiger partial charge in [-0.05, 0) is 48.4 Å². The topological polar surface area (TPSA) is 50.8 Å². The summed E-state index contributed by atoms with van der Waals surface area (Å²) in [5.41, 5.74) is 2.18. The van der Waals surface area contributed by atoms with Crippen molar-refractivity contribution in [3.63, 3.8) is 0 Å². The number of anilines is 1. The zero-order chi connectivity index (χ0) is 18.2. The molecule has 1 atom stereocenters. The highest BCUT2D eigenvalue weighted by molar-refractivity contribution is 5.81. The molecule has 0 fully saturated rings. The number of ether oxygens (including phenoxy) is 2. The zero-order valence-corrected chi connectivity index (χ0v) is 15.3. The van der Waals surface area contributed by atoms with Gasteiger partial charge in [0, 0.05) is 26.3 Å². The molecule has 0 aromatic heterocycles. The van der Waals surface area contributed by atoms with Gasteiger partial charge in [-0.25, -0.2) is 0 Å². The molecular formula is C20H26N2O3. The first-order chi connectivity index (χ1) is 12.0. The smallest absolute Gasteiger partial charge is 0.261 e. The van der Waals surface area contributed by atoms with Crippen LogP contribution >= 0.6 is 0 Å². The number of nitrogens with one attached hydrogen (secondary N) is 1. The van der Waals surface area contributed by atoms with Gasteiger partial charge in [-0.1, -0.05) is 19.1 Å². The number of carbonyl (C=O) groups is 1. The number of benzene rings is 2. The quantitative estimate of drug-likeness (QED) is 0.800. The summed E-state index contributed by atoms with van der Waals surface area (Å²) < 4.78 is 10.9. The lowest BCUT2D eigenvalue weighted by Gasteiger charge is -2.18. The molecule has 2 aromatic rings. The number of carbonyl (C=O) groups excluding carboxylic acids is 1. The predicted octanol–water partition coefficient (Wildman–Crippen LogP) is 3.24. The Morgan fingerprint density at radius 2 is 1.64 bits per heavy atom. The van der Waals surface area contributed by atoms with Crippen molar-refractivity contribution in [1.82, 2.24) is 5.32 Å². The molecule has 5 nitrogen and oxygen atoms in total. The summed E-state index contributed by atoms with van der Waals surface area (Å²) in [6.45, 7) is 2.41. The summed E-state index contributed by atoms with van der Waals surface area (Å²) in [5, 5.41) is 2.94. The summed E-state index contributed by atoms with van der Waals surface area (Å²) in [6, 6.07) is 15.3. The van der Waals surface area contributed by atoms with Crippen molar-refractivity contribution in [2.45, 2.75) is 26.0 Å². The van der Waals surface area contributed by atoms with Crippen molar-refractivity contribution in [3.8, 4) is 11.5 Å². The predicted molar refractivity (Wildman–Crippen MR) is 100 cm³/mol. The molecule has 2 aromatic carbocycles. The standard InChI is InChI=1S/C20H26N2O3/c1-5-19(25-18-12-10-17(24-4)11-13-18)20(23)21-14-15-6-8-16(9-7-15)22(2)3/h6-13,19H,5,14H2,1-4H3,(H,21,23). The van der Waals surface area contributed by atoms with Crippen molar-refractivity contribution in [2.24, 2.45) is 0 Å². The van der Waals surface area contributed by atoms with E-state index in [9.17, 15) is 4.79 Å². The molecule has 0 aliphatic rings. The number of rotatable bonds is 8. The van der Waals surface area contributed by atoms with Crippen LogP contribution in [0.4, 0.5) is 5.69 Å². The summed E-state index contributed by atoms with van der Waals surface area (Å²) in [6.07, 6.45) is 0.0756. The third-order valence-corrected chi connectivity index (χ3v) is 3.92. The summed E-state index contributed by atoms with van der Waals surface area (Å²) in [5.74, 6) is 1.29. The van der Waals surface area contributed by atoms with E-state index >= 15 is 0 Å². The minimum Gasteiger partial charge on any atom is -0.497 e. The molecule has 5 heteroatoms. The van der Waals surface area contributed by atoms with Crippen molar-refractivity contribution < 1.29 is 14.3 Å². The van der Waals surface area contributed by atoms with Gasteiger partial charge in [0.1, 0.15) is 11.5 Å². The lowest BCUT2D eigenvalue weighted by Crippen LogP contribution is -2.37. The normalized spacial score (nSPS) is 11.5. The third kappa shape index (κ3) is 5.41. The van der Waals surface area contributed by atoms with Crippen LogP contribution in [-0.2, 0) is 11.3 Å². The molecule has 0 heterocycles. The second-order valence-corrected chi connectivity index (χ2v) is 5.97. The van der Waals surface area contributed by atoms with Gasteiger partial charge in [0.2, 0.25) is 0 Å². The highest BCUT2D eigenvalue weighted by Crippen LogP contribution is 2.19. The van der Waals surface area contributed by atoms with Crippen LogP contribution in [0.3, 0.4) is 0 Å². The Bertz CT molecular complexity index is 666. The molecule has 0 aliphatic carbocycles. The second-order valence-electron chi connectivity index (χ2n) is 5.97. The molecule has 1 N–H and O–H groups in total. The maximum atomic E-state index is 12.4. The number of hydrogen-bond donors (Lipinski definition) is 1. The van der Waals surface area contributed by atoms with E-state index in [1.807, 2.05) is 62.3 Å². The Hall–Kier alpha value is -2.69. The molecular weight excluding hydrogens is 316 g/mol. The maximum absolute atomic E-state index is 12.4. The minimum atomic E-state index is -0.519. The van der Waals surface area contributed by atoms with Crippen molar-refractivity contribution >= 4 is 11.6 Å². The fourth-order valence-electron chi connectivity index (χ4n) is 2.36. The van der Waals surface area contributed by atoms with Crippen LogP contribution in [0.15, 0.2) is 48.5 Å². The molecule has 0 aliphatic heterocycles. The molecule has 0 radical (unpaired) electrons. The van der Waals surface area contributed by atoms with E-state index in [0.29, 0.717) is 18.7 Å². The van der Waals surface area contributed by atoms with E-state index in [1.54, 1.807) is 19.2 Å². The van der Waals surface area contributed by atoms with Gasteiger partial charge in [-0.2, -0.15) is 0 Å². The molecule has 0 saturated heterocycles. The Morgan fingerprint density at radius 3 is 2.16 bits per heavy atom. The molecule has 1 unspecified atom stereocenters. The van der Waals surface area contributed by atoms with Gasteiger partial charge < -0.3 is 19.7 Å². The summed E-state index contributed by atoms with van der Waals surface area (Å²) in [4.78, 5) is 14.4. The van der Waals surface area contributed by atoms with Gasteiger partial charge in [0.15, 0.2) is 6.10 Å². The Balaban J connectivity index is 1.90. The van der Waals surface area contributed by atoms with Gasteiger partial charge in [-0.15, -0.1) is 0 Å². The fourth-order valence-corrected chi connectivity index (χ4v) is 2.36. The molecule has 2 rings (SSSR count). The number of hydrogen-bond acceptors (Lipinski definition) is 4. The van der Waals surface area contributed by atoms with Crippen LogP contribution < -0.4 is 19.7 Å². The average Bonchev–Trinajstić information content (AvgIpc) is 2.65. The van der Waals surface area contributed by atoms with E-state index in [-0.39, 0.29) is 5.91 Å². The molecule has 0 saturated carbocycles. The van der Waals surface area contributed by atoms with E-state index in [1.165, 1.54) is 0 Å². The van der Waals surface area contributed by atoms with Gasteiger partial charge in [-0.3, -0.25) is 4.79 Å². The lowest BCUT2D eigenvalue weighted by molar-refractivity contribution is -0.128.